The zero-order valence-electron chi connectivity index (χ0n) is 15.0. The second kappa shape index (κ2) is 7.91. The van der Waals surface area contributed by atoms with E-state index in [4.69, 9.17) is 0 Å². The minimum absolute atomic E-state index is 0.320. The minimum atomic E-state index is -0.320. The maximum atomic E-state index is 4.33. The molecule has 0 aliphatic heterocycles. The molecule has 3 heteroatoms. The van der Waals surface area contributed by atoms with E-state index >= 15 is 0 Å². The molecule has 2 aromatic rings. The van der Waals surface area contributed by atoms with Crippen LogP contribution in [0.3, 0.4) is 0 Å². The molecule has 1 aromatic carbocycles. The smallest absolute Gasteiger partial charge is 0.113 e. The lowest BCUT2D eigenvalue weighted by atomic mass is 9.94. The first kappa shape index (κ1) is 17.9. The van der Waals surface area contributed by atoms with Crippen LogP contribution in [-0.2, 0) is 5.54 Å². The summed E-state index contributed by atoms with van der Waals surface area (Å²) in [5.41, 5.74) is 3.79. The normalized spacial score (nSPS) is 12.5. The van der Waals surface area contributed by atoms with Gasteiger partial charge in [0.1, 0.15) is 5.52 Å². The summed E-state index contributed by atoms with van der Waals surface area (Å²) in [6.45, 7) is 14.6. The molecule has 0 aliphatic carbocycles. The second-order valence-electron chi connectivity index (χ2n) is 6.47. The quantitative estimate of drug-likeness (QED) is 0.469. The molecule has 0 bridgehead atoms. The van der Waals surface area contributed by atoms with Crippen molar-refractivity contribution in [2.45, 2.75) is 45.6 Å². The van der Waals surface area contributed by atoms with Crippen LogP contribution in [0.15, 0.2) is 72.9 Å². The predicted octanol–water partition coefficient (Wildman–Crippen LogP) is 5.58. The van der Waals surface area contributed by atoms with Gasteiger partial charge in [0.2, 0.25) is 0 Å². The molecule has 0 atom stereocenters. The molecule has 0 saturated heterocycles. The molecule has 0 radical (unpaired) electrons. The number of aromatic nitrogens is 3. The van der Waals surface area contributed by atoms with Crippen LogP contribution >= 0.6 is 0 Å². The van der Waals surface area contributed by atoms with Crippen LogP contribution in [0, 0.1) is 0 Å². The summed E-state index contributed by atoms with van der Waals surface area (Å²) in [5, 5.41) is 8.57. The molecule has 1 aromatic heterocycles. The minimum Gasteiger partial charge on any atom is -0.235 e. The molecule has 24 heavy (non-hydrogen) atoms. The largest absolute Gasteiger partial charge is 0.235 e. The van der Waals surface area contributed by atoms with Gasteiger partial charge in [-0.3, -0.25) is 0 Å². The lowest BCUT2D eigenvalue weighted by Crippen LogP contribution is -2.28. The van der Waals surface area contributed by atoms with Crippen molar-refractivity contribution >= 4 is 11.0 Å². The Morgan fingerprint density at radius 3 is 2.50 bits per heavy atom. The molecule has 0 amide bonds. The average Bonchev–Trinajstić information content (AvgIpc) is 3.02. The van der Waals surface area contributed by atoms with E-state index in [0.29, 0.717) is 0 Å². The van der Waals surface area contributed by atoms with E-state index in [-0.39, 0.29) is 5.54 Å². The SMILES string of the molecule is C=C(/C=C\CC/C=C\C(=C)C(C)(C)n1nnc2ccccc21)CC. The fraction of sp³-hybridized carbons (Fsp3) is 0.333. The molecule has 0 spiro atoms. The molecule has 0 N–H and O–H groups in total. The Balaban J connectivity index is 2.01. The predicted molar refractivity (Wildman–Crippen MR) is 103 cm³/mol. The molecule has 0 unspecified atom stereocenters. The van der Waals surface area contributed by atoms with Gasteiger partial charge in [0.25, 0.3) is 0 Å². The summed E-state index contributed by atoms with van der Waals surface area (Å²) >= 11 is 0. The lowest BCUT2D eigenvalue weighted by molar-refractivity contribution is 0.393. The van der Waals surface area contributed by atoms with Crippen molar-refractivity contribution in [3.05, 3.63) is 72.9 Å². The van der Waals surface area contributed by atoms with Crippen molar-refractivity contribution in [1.82, 2.24) is 15.0 Å². The Bertz CT molecular complexity index is 775. The van der Waals surface area contributed by atoms with Crippen molar-refractivity contribution in [1.29, 1.82) is 0 Å². The zero-order valence-corrected chi connectivity index (χ0v) is 15.0. The number of para-hydroxylation sites is 1. The van der Waals surface area contributed by atoms with Gasteiger partial charge in [-0.15, -0.1) is 5.10 Å². The number of unbranched alkanes of at least 4 members (excludes halogenated alkanes) is 1. The van der Waals surface area contributed by atoms with Gasteiger partial charge in [-0.1, -0.05) is 67.3 Å². The van der Waals surface area contributed by atoms with E-state index in [9.17, 15) is 0 Å². The van der Waals surface area contributed by atoms with E-state index in [1.807, 2.05) is 28.9 Å². The highest BCUT2D eigenvalue weighted by atomic mass is 15.4. The van der Waals surface area contributed by atoms with Crippen molar-refractivity contribution in [3.63, 3.8) is 0 Å². The number of hydrogen-bond donors (Lipinski definition) is 0. The molecular formula is C21H27N3. The summed E-state index contributed by atoms with van der Waals surface area (Å²) in [5.74, 6) is 0. The van der Waals surface area contributed by atoms with Gasteiger partial charge in [0, 0.05) is 0 Å². The molecule has 1 heterocycles. The number of benzene rings is 1. The van der Waals surface area contributed by atoms with Gasteiger partial charge in [0.15, 0.2) is 0 Å². The number of allylic oxidation sites excluding steroid dienone is 6. The Hall–Kier alpha value is -2.42. The number of nitrogens with zero attached hydrogens (tertiary/aromatic N) is 3. The van der Waals surface area contributed by atoms with E-state index in [2.05, 4.69) is 68.5 Å². The van der Waals surface area contributed by atoms with Crippen LogP contribution < -0.4 is 0 Å². The third-order valence-electron chi connectivity index (χ3n) is 4.29. The average molecular weight is 321 g/mol. The number of rotatable bonds is 8. The Labute approximate surface area is 145 Å². The Morgan fingerprint density at radius 2 is 1.79 bits per heavy atom. The summed E-state index contributed by atoms with van der Waals surface area (Å²) in [7, 11) is 0. The molecule has 0 aliphatic rings. The molecule has 126 valence electrons. The third kappa shape index (κ3) is 4.10. The van der Waals surface area contributed by atoms with Gasteiger partial charge in [0.05, 0.1) is 11.1 Å². The lowest BCUT2D eigenvalue weighted by Gasteiger charge is -2.26. The Kier molecular flexibility index (Phi) is 5.91. The summed E-state index contributed by atoms with van der Waals surface area (Å²) in [6.07, 6.45) is 11.5. The second-order valence-corrected chi connectivity index (χ2v) is 6.47. The highest BCUT2D eigenvalue weighted by Crippen LogP contribution is 2.27. The van der Waals surface area contributed by atoms with Crippen molar-refractivity contribution < 1.29 is 0 Å². The molecule has 0 saturated carbocycles. The zero-order chi connectivity index (χ0) is 17.6. The van der Waals surface area contributed by atoms with Gasteiger partial charge in [-0.05, 0) is 50.8 Å². The van der Waals surface area contributed by atoms with E-state index < -0.39 is 0 Å². The summed E-state index contributed by atoms with van der Waals surface area (Å²) < 4.78 is 1.94. The van der Waals surface area contributed by atoms with Gasteiger partial charge < -0.3 is 0 Å². The number of hydrogen-bond acceptors (Lipinski definition) is 2. The van der Waals surface area contributed by atoms with Crippen LogP contribution in [0.1, 0.15) is 40.0 Å². The van der Waals surface area contributed by atoms with Crippen LogP contribution in [0.4, 0.5) is 0 Å². The summed E-state index contributed by atoms with van der Waals surface area (Å²) in [4.78, 5) is 0. The molecule has 2 rings (SSSR count). The van der Waals surface area contributed by atoms with Crippen molar-refractivity contribution in [3.8, 4) is 0 Å². The van der Waals surface area contributed by atoms with Crippen LogP contribution in [0.5, 0.6) is 0 Å². The van der Waals surface area contributed by atoms with Crippen molar-refractivity contribution in [2.75, 3.05) is 0 Å². The van der Waals surface area contributed by atoms with Gasteiger partial charge in [-0.2, -0.15) is 0 Å². The maximum absolute atomic E-state index is 4.33. The van der Waals surface area contributed by atoms with E-state index in [1.54, 1.807) is 0 Å². The van der Waals surface area contributed by atoms with E-state index in [0.717, 1.165) is 35.9 Å². The third-order valence-corrected chi connectivity index (χ3v) is 4.29. The van der Waals surface area contributed by atoms with Crippen LogP contribution in [0.25, 0.3) is 11.0 Å². The van der Waals surface area contributed by atoms with Crippen molar-refractivity contribution in [2.24, 2.45) is 0 Å². The number of fused-ring (bicyclic) bond motifs is 1. The van der Waals surface area contributed by atoms with Crippen LogP contribution in [0.2, 0.25) is 0 Å². The monoisotopic (exact) mass is 321 g/mol. The summed E-state index contributed by atoms with van der Waals surface area (Å²) in [6, 6.07) is 8.00. The van der Waals surface area contributed by atoms with Gasteiger partial charge >= 0.3 is 0 Å². The maximum Gasteiger partial charge on any atom is 0.113 e. The fourth-order valence-corrected chi connectivity index (χ4v) is 2.41. The van der Waals surface area contributed by atoms with Gasteiger partial charge in [-0.25, -0.2) is 4.68 Å². The first-order chi connectivity index (χ1) is 11.5. The highest BCUT2D eigenvalue weighted by molar-refractivity contribution is 5.74. The fourth-order valence-electron chi connectivity index (χ4n) is 2.41. The standard InChI is InChI=1S/C21H27N3/c1-6-17(2)13-9-7-8-10-14-18(3)21(4,5)24-20-16-12-11-15-19(20)22-23-24/h9-16H,2-3,6-8H2,1,4-5H3/b13-9-,14-10-. The molecule has 3 nitrogen and oxygen atoms in total. The van der Waals surface area contributed by atoms with Crippen LogP contribution in [-0.4, -0.2) is 15.0 Å². The Morgan fingerprint density at radius 1 is 1.12 bits per heavy atom. The first-order valence-corrected chi connectivity index (χ1v) is 8.48. The van der Waals surface area contributed by atoms with E-state index in [1.165, 1.54) is 5.57 Å². The first-order valence-electron chi connectivity index (χ1n) is 8.48. The molecule has 0 fully saturated rings. The highest BCUT2D eigenvalue weighted by Gasteiger charge is 2.25. The topological polar surface area (TPSA) is 30.7 Å². The molecular weight excluding hydrogens is 294 g/mol.